The highest BCUT2D eigenvalue weighted by Gasteiger charge is 2.20. The van der Waals surface area contributed by atoms with Gasteiger partial charge in [-0.1, -0.05) is 0 Å². The number of morpholine rings is 1. The fourth-order valence-corrected chi connectivity index (χ4v) is 1.63. The van der Waals surface area contributed by atoms with Gasteiger partial charge in [0.05, 0.1) is 26.4 Å². The summed E-state index contributed by atoms with van der Waals surface area (Å²) in [6, 6.07) is 0. The zero-order chi connectivity index (χ0) is 12.7. The summed E-state index contributed by atoms with van der Waals surface area (Å²) in [6.45, 7) is 4.83. The van der Waals surface area contributed by atoms with Gasteiger partial charge in [-0.05, 0) is 0 Å². The van der Waals surface area contributed by atoms with E-state index >= 15 is 0 Å². The maximum Gasteiger partial charge on any atom is 0.242 e. The van der Waals surface area contributed by atoms with E-state index in [-0.39, 0.29) is 18.4 Å². The van der Waals surface area contributed by atoms with Crippen molar-refractivity contribution in [2.45, 2.75) is 6.92 Å². The lowest BCUT2D eigenvalue weighted by Gasteiger charge is -2.29. The molecule has 1 saturated heterocycles. The molecule has 0 atom stereocenters. The number of carbonyl (C=O) groups excluding carboxylic acids is 2. The Morgan fingerprint density at radius 2 is 2.00 bits per heavy atom. The van der Waals surface area contributed by atoms with Crippen molar-refractivity contribution in [2.75, 3.05) is 53.1 Å². The van der Waals surface area contributed by atoms with Crippen molar-refractivity contribution in [3.63, 3.8) is 0 Å². The molecular weight excluding hydrogens is 224 g/mol. The van der Waals surface area contributed by atoms with Crippen LogP contribution in [0.25, 0.3) is 0 Å². The third-order valence-corrected chi connectivity index (χ3v) is 2.70. The molecule has 0 spiro atoms. The zero-order valence-corrected chi connectivity index (χ0v) is 10.5. The van der Waals surface area contributed by atoms with E-state index in [0.717, 1.165) is 0 Å². The summed E-state index contributed by atoms with van der Waals surface area (Å²) in [5, 5.41) is 0. The number of ether oxygens (including phenoxy) is 2. The summed E-state index contributed by atoms with van der Waals surface area (Å²) in [4.78, 5) is 26.5. The lowest BCUT2D eigenvalue weighted by Crippen LogP contribution is -2.47. The Bertz CT molecular complexity index is 264. The predicted molar refractivity (Wildman–Crippen MR) is 61.5 cm³/mol. The van der Waals surface area contributed by atoms with Crippen molar-refractivity contribution in [1.82, 2.24) is 9.80 Å². The first kappa shape index (κ1) is 13.9. The molecule has 0 N–H and O–H groups in total. The summed E-state index contributed by atoms with van der Waals surface area (Å²) in [6.07, 6.45) is 0. The van der Waals surface area contributed by atoms with Crippen LogP contribution in [-0.4, -0.2) is 74.7 Å². The fourth-order valence-electron chi connectivity index (χ4n) is 1.63. The van der Waals surface area contributed by atoms with Crippen LogP contribution in [0.3, 0.4) is 0 Å². The summed E-state index contributed by atoms with van der Waals surface area (Å²) in [5.41, 5.74) is 0. The highest BCUT2D eigenvalue weighted by molar-refractivity contribution is 5.83. The number of rotatable bonds is 5. The molecule has 1 aliphatic heterocycles. The van der Waals surface area contributed by atoms with Crippen LogP contribution in [0.1, 0.15) is 6.92 Å². The van der Waals surface area contributed by atoms with E-state index in [4.69, 9.17) is 9.47 Å². The molecular formula is C11H20N2O4. The van der Waals surface area contributed by atoms with E-state index in [9.17, 15) is 9.59 Å². The second kappa shape index (κ2) is 7.24. The molecule has 0 aromatic heterocycles. The minimum Gasteiger partial charge on any atom is -0.383 e. The maximum atomic E-state index is 11.9. The van der Waals surface area contributed by atoms with Crippen LogP contribution in [-0.2, 0) is 19.1 Å². The average molecular weight is 244 g/mol. The van der Waals surface area contributed by atoms with Crippen LogP contribution in [0.4, 0.5) is 0 Å². The lowest BCUT2D eigenvalue weighted by atomic mass is 10.3. The number of amides is 2. The van der Waals surface area contributed by atoms with Crippen molar-refractivity contribution in [3.8, 4) is 0 Å². The van der Waals surface area contributed by atoms with Gasteiger partial charge in [0.15, 0.2) is 0 Å². The normalized spacial score (nSPS) is 15.8. The van der Waals surface area contributed by atoms with E-state index in [0.29, 0.717) is 39.5 Å². The van der Waals surface area contributed by atoms with Crippen molar-refractivity contribution < 1.29 is 19.1 Å². The second-order valence-electron chi connectivity index (χ2n) is 3.93. The van der Waals surface area contributed by atoms with Crippen LogP contribution in [0.2, 0.25) is 0 Å². The largest absolute Gasteiger partial charge is 0.383 e. The summed E-state index contributed by atoms with van der Waals surface area (Å²) in [5.74, 6) is -0.136. The molecule has 0 radical (unpaired) electrons. The lowest BCUT2D eigenvalue weighted by molar-refractivity contribution is -0.142. The second-order valence-corrected chi connectivity index (χ2v) is 3.93. The highest BCUT2D eigenvalue weighted by Crippen LogP contribution is 2.00. The van der Waals surface area contributed by atoms with E-state index in [1.54, 1.807) is 12.0 Å². The van der Waals surface area contributed by atoms with Crippen LogP contribution in [0.15, 0.2) is 0 Å². The molecule has 0 bridgehead atoms. The first-order chi connectivity index (χ1) is 8.15. The third-order valence-electron chi connectivity index (χ3n) is 2.70. The van der Waals surface area contributed by atoms with Gasteiger partial charge in [0.25, 0.3) is 0 Å². The molecule has 1 rings (SSSR count). The minimum absolute atomic E-state index is 0.0281. The standard InChI is InChI=1S/C11H20N2O4/c1-10(14)13(3-6-16-2)9-11(15)12-4-7-17-8-5-12/h3-9H2,1-2H3. The maximum absolute atomic E-state index is 11.9. The average Bonchev–Trinajstić information content (AvgIpc) is 2.35. The Balaban J connectivity index is 2.42. The van der Waals surface area contributed by atoms with Gasteiger partial charge < -0.3 is 19.3 Å². The van der Waals surface area contributed by atoms with Gasteiger partial charge in [-0.25, -0.2) is 0 Å². The number of hydrogen-bond donors (Lipinski definition) is 0. The van der Waals surface area contributed by atoms with Crippen molar-refractivity contribution in [1.29, 1.82) is 0 Å². The summed E-state index contributed by atoms with van der Waals surface area (Å²) < 4.78 is 10.1. The monoisotopic (exact) mass is 244 g/mol. The molecule has 0 unspecified atom stereocenters. The number of methoxy groups -OCH3 is 1. The molecule has 0 aliphatic carbocycles. The molecule has 1 fully saturated rings. The van der Waals surface area contributed by atoms with Gasteiger partial charge in [0, 0.05) is 33.7 Å². The fraction of sp³-hybridized carbons (Fsp3) is 0.818. The van der Waals surface area contributed by atoms with Gasteiger partial charge in [-0.3, -0.25) is 9.59 Å². The van der Waals surface area contributed by atoms with Crippen LogP contribution in [0, 0.1) is 0 Å². The quantitative estimate of drug-likeness (QED) is 0.644. The van der Waals surface area contributed by atoms with Gasteiger partial charge in [0.2, 0.25) is 11.8 Å². The molecule has 1 aliphatic rings. The van der Waals surface area contributed by atoms with Gasteiger partial charge in [0.1, 0.15) is 0 Å². The van der Waals surface area contributed by atoms with Crippen LogP contribution < -0.4 is 0 Å². The van der Waals surface area contributed by atoms with Crippen LogP contribution >= 0.6 is 0 Å². The highest BCUT2D eigenvalue weighted by atomic mass is 16.5. The summed E-state index contributed by atoms with van der Waals surface area (Å²) >= 11 is 0. The Hall–Kier alpha value is -1.14. The molecule has 0 saturated carbocycles. The number of nitrogens with zero attached hydrogens (tertiary/aromatic N) is 2. The number of hydrogen-bond acceptors (Lipinski definition) is 4. The Morgan fingerprint density at radius 3 is 2.53 bits per heavy atom. The molecule has 6 heteroatoms. The van der Waals surface area contributed by atoms with E-state index < -0.39 is 0 Å². The first-order valence-corrected chi connectivity index (χ1v) is 5.75. The predicted octanol–water partition coefficient (Wildman–Crippen LogP) is -0.660. The van der Waals surface area contributed by atoms with Crippen LogP contribution in [0.5, 0.6) is 0 Å². The molecule has 0 aromatic carbocycles. The summed E-state index contributed by atoms with van der Waals surface area (Å²) in [7, 11) is 1.57. The van der Waals surface area contributed by atoms with Gasteiger partial charge in [-0.15, -0.1) is 0 Å². The minimum atomic E-state index is -0.108. The van der Waals surface area contributed by atoms with E-state index in [1.165, 1.54) is 11.8 Å². The smallest absolute Gasteiger partial charge is 0.242 e. The molecule has 6 nitrogen and oxygen atoms in total. The number of carbonyl (C=O) groups is 2. The van der Waals surface area contributed by atoms with Crippen molar-refractivity contribution in [2.24, 2.45) is 0 Å². The SMILES string of the molecule is COCCN(CC(=O)N1CCOCC1)C(C)=O. The van der Waals surface area contributed by atoms with Gasteiger partial charge in [-0.2, -0.15) is 0 Å². The first-order valence-electron chi connectivity index (χ1n) is 5.75. The molecule has 1 heterocycles. The molecule has 98 valence electrons. The van der Waals surface area contributed by atoms with Crippen molar-refractivity contribution >= 4 is 11.8 Å². The Labute approximate surface area is 101 Å². The molecule has 2 amide bonds. The van der Waals surface area contributed by atoms with Crippen molar-refractivity contribution in [3.05, 3.63) is 0 Å². The molecule has 17 heavy (non-hydrogen) atoms. The van der Waals surface area contributed by atoms with E-state index in [1.807, 2.05) is 0 Å². The topological polar surface area (TPSA) is 59.1 Å². The Morgan fingerprint density at radius 1 is 1.35 bits per heavy atom. The van der Waals surface area contributed by atoms with Gasteiger partial charge >= 0.3 is 0 Å². The third kappa shape index (κ3) is 4.70. The Kier molecular flexibility index (Phi) is 5.93. The van der Waals surface area contributed by atoms with E-state index in [2.05, 4.69) is 0 Å². The molecule has 0 aromatic rings. The zero-order valence-electron chi connectivity index (χ0n) is 10.5.